The van der Waals surface area contributed by atoms with Gasteiger partial charge in [0.05, 0.1) is 5.69 Å². The molecule has 1 aliphatic carbocycles. The number of pyridine rings is 1. The Morgan fingerprint density at radius 2 is 2.07 bits per heavy atom. The Balaban J connectivity index is 1.36. The lowest BCUT2D eigenvalue weighted by atomic mass is 9.87. The molecule has 0 spiro atoms. The summed E-state index contributed by atoms with van der Waals surface area (Å²) in [6.07, 6.45) is 8.41. The number of likely N-dealkylation sites (tertiary alicyclic amines) is 1. The van der Waals surface area contributed by atoms with Crippen LogP contribution >= 0.6 is 0 Å². The van der Waals surface area contributed by atoms with Gasteiger partial charge in [-0.25, -0.2) is 4.98 Å². The third kappa shape index (κ3) is 4.30. The van der Waals surface area contributed by atoms with Gasteiger partial charge in [-0.1, -0.05) is 0 Å². The van der Waals surface area contributed by atoms with Gasteiger partial charge in [-0.05, 0) is 44.4 Å². The number of aryl methyl sites for hydroxylation is 2. The molecule has 1 atom stereocenters. The van der Waals surface area contributed by atoms with E-state index in [1.54, 1.807) is 6.20 Å². The van der Waals surface area contributed by atoms with E-state index in [1.165, 1.54) is 5.56 Å². The molecule has 0 bridgehead atoms. The zero-order valence-electron chi connectivity index (χ0n) is 16.0. The number of carbonyl (C=O) groups is 1. The normalized spacial score (nSPS) is 20.9. The van der Waals surface area contributed by atoms with Crippen LogP contribution in [0, 0.1) is 5.92 Å². The number of anilines is 1. The molecule has 7 heteroatoms. The largest absolute Gasteiger partial charge is 0.474 e. The number of amides is 1. The monoisotopic (exact) mass is 369 g/mol. The molecule has 2 aromatic rings. The molecule has 4 rings (SSSR count). The standard InChI is InChI=1S/C20H27N5O2/c1-24-9-6-17(7-10-24)27-19-12-16(5-8-21-19)22-20(26)14-3-4-15-13-25(2)23-18(15)11-14/h5,8,12-14,17H,3-4,6-7,9-11H2,1-2H3,(H,21,22,26). The number of hydrogen-bond donors (Lipinski definition) is 1. The Morgan fingerprint density at radius 1 is 1.26 bits per heavy atom. The molecule has 2 aliphatic rings. The number of rotatable bonds is 4. The van der Waals surface area contributed by atoms with Crippen molar-refractivity contribution >= 4 is 11.6 Å². The lowest BCUT2D eigenvalue weighted by Crippen LogP contribution is -2.35. The van der Waals surface area contributed by atoms with Crippen LogP contribution in [0.1, 0.15) is 30.5 Å². The molecule has 7 nitrogen and oxygen atoms in total. The SMILES string of the molecule is CN1CCC(Oc2cc(NC(=O)C3CCc4cn(C)nc4C3)ccn2)CC1. The fourth-order valence-corrected chi connectivity index (χ4v) is 3.92. The van der Waals surface area contributed by atoms with Crippen molar-refractivity contribution in [1.29, 1.82) is 0 Å². The Kier molecular flexibility index (Phi) is 5.11. The molecule has 0 radical (unpaired) electrons. The van der Waals surface area contributed by atoms with Crippen molar-refractivity contribution in [3.8, 4) is 5.88 Å². The van der Waals surface area contributed by atoms with Gasteiger partial charge in [0, 0.05) is 56.6 Å². The molecular weight excluding hydrogens is 342 g/mol. The van der Waals surface area contributed by atoms with E-state index in [4.69, 9.17) is 4.74 Å². The fourth-order valence-electron chi connectivity index (χ4n) is 3.92. The van der Waals surface area contributed by atoms with Crippen LogP contribution in [0.3, 0.4) is 0 Å². The number of piperidine rings is 1. The van der Waals surface area contributed by atoms with Gasteiger partial charge >= 0.3 is 0 Å². The summed E-state index contributed by atoms with van der Waals surface area (Å²) in [6.45, 7) is 2.08. The van der Waals surface area contributed by atoms with Gasteiger partial charge in [-0.15, -0.1) is 0 Å². The van der Waals surface area contributed by atoms with Crippen LogP contribution in [0.4, 0.5) is 5.69 Å². The van der Waals surface area contributed by atoms with E-state index in [2.05, 4.69) is 33.5 Å². The van der Waals surface area contributed by atoms with Gasteiger partial charge in [0.15, 0.2) is 0 Å². The van der Waals surface area contributed by atoms with Crippen molar-refractivity contribution < 1.29 is 9.53 Å². The minimum Gasteiger partial charge on any atom is -0.474 e. The summed E-state index contributed by atoms with van der Waals surface area (Å²) in [4.78, 5) is 19.3. The second-order valence-electron chi connectivity index (χ2n) is 7.71. The van der Waals surface area contributed by atoms with E-state index in [0.29, 0.717) is 12.3 Å². The number of fused-ring (bicyclic) bond motifs is 1. The summed E-state index contributed by atoms with van der Waals surface area (Å²) < 4.78 is 7.85. The van der Waals surface area contributed by atoms with Crippen molar-refractivity contribution in [2.75, 3.05) is 25.5 Å². The first-order chi connectivity index (χ1) is 13.1. The highest BCUT2D eigenvalue weighted by Gasteiger charge is 2.27. The van der Waals surface area contributed by atoms with Gasteiger partial charge in [-0.2, -0.15) is 5.10 Å². The van der Waals surface area contributed by atoms with E-state index >= 15 is 0 Å². The third-order valence-corrected chi connectivity index (χ3v) is 5.52. The average Bonchev–Trinajstić information content (AvgIpc) is 3.03. The number of nitrogens with one attached hydrogen (secondary N) is 1. The summed E-state index contributed by atoms with van der Waals surface area (Å²) in [7, 11) is 4.06. The number of carbonyl (C=O) groups excluding carboxylic acids is 1. The number of hydrogen-bond acceptors (Lipinski definition) is 5. The number of ether oxygens (including phenoxy) is 1. The average molecular weight is 369 g/mol. The topological polar surface area (TPSA) is 72.3 Å². The molecule has 1 fully saturated rings. The smallest absolute Gasteiger partial charge is 0.227 e. The van der Waals surface area contributed by atoms with Gasteiger partial charge in [0.25, 0.3) is 0 Å². The zero-order valence-corrected chi connectivity index (χ0v) is 16.0. The first-order valence-electron chi connectivity index (χ1n) is 9.70. The van der Waals surface area contributed by atoms with Gasteiger partial charge in [0.2, 0.25) is 11.8 Å². The summed E-state index contributed by atoms with van der Waals surface area (Å²) in [5.41, 5.74) is 3.05. The minimum absolute atomic E-state index is 0.0428. The minimum atomic E-state index is -0.0428. The molecule has 1 unspecified atom stereocenters. The molecule has 1 aliphatic heterocycles. The van der Waals surface area contributed by atoms with Crippen LogP contribution in [0.25, 0.3) is 0 Å². The summed E-state index contributed by atoms with van der Waals surface area (Å²) >= 11 is 0. The molecule has 2 aromatic heterocycles. The highest BCUT2D eigenvalue weighted by atomic mass is 16.5. The number of nitrogens with zero attached hydrogens (tertiary/aromatic N) is 4. The molecule has 3 heterocycles. The van der Waals surface area contributed by atoms with Crippen molar-refractivity contribution in [3.63, 3.8) is 0 Å². The number of aromatic nitrogens is 3. The quantitative estimate of drug-likeness (QED) is 0.893. The van der Waals surface area contributed by atoms with Gasteiger partial charge in [0.1, 0.15) is 6.10 Å². The Labute approximate surface area is 159 Å². The van der Waals surface area contributed by atoms with Crippen molar-refractivity contribution in [1.82, 2.24) is 19.7 Å². The van der Waals surface area contributed by atoms with Gasteiger partial charge in [-0.3, -0.25) is 9.48 Å². The molecular formula is C20H27N5O2. The molecule has 1 amide bonds. The molecule has 1 saturated heterocycles. The fraction of sp³-hybridized carbons (Fsp3) is 0.550. The van der Waals surface area contributed by atoms with Crippen molar-refractivity contribution in [2.45, 2.75) is 38.2 Å². The first kappa shape index (κ1) is 18.0. The van der Waals surface area contributed by atoms with Crippen LogP contribution in [-0.2, 0) is 24.7 Å². The highest BCUT2D eigenvalue weighted by molar-refractivity contribution is 5.92. The van der Waals surface area contributed by atoms with Crippen LogP contribution < -0.4 is 10.1 Å². The highest BCUT2D eigenvalue weighted by Crippen LogP contribution is 2.26. The van der Waals surface area contributed by atoms with Crippen LogP contribution in [0.5, 0.6) is 5.88 Å². The van der Waals surface area contributed by atoms with E-state index in [1.807, 2.05) is 23.9 Å². The van der Waals surface area contributed by atoms with Crippen molar-refractivity contribution in [3.05, 3.63) is 35.8 Å². The maximum absolute atomic E-state index is 12.7. The predicted octanol–water partition coefficient (Wildman–Crippen LogP) is 2.03. The van der Waals surface area contributed by atoms with E-state index in [-0.39, 0.29) is 17.9 Å². The summed E-state index contributed by atoms with van der Waals surface area (Å²) in [5.74, 6) is 0.583. The second kappa shape index (κ2) is 7.68. The predicted molar refractivity (Wildman–Crippen MR) is 103 cm³/mol. The lowest BCUT2D eigenvalue weighted by Gasteiger charge is -2.29. The maximum atomic E-state index is 12.7. The molecule has 1 N–H and O–H groups in total. The second-order valence-corrected chi connectivity index (χ2v) is 7.71. The van der Waals surface area contributed by atoms with Crippen LogP contribution in [0.2, 0.25) is 0 Å². The zero-order chi connectivity index (χ0) is 18.8. The first-order valence-corrected chi connectivity index (χ1v) is 9.70. The Bertz CT molecular complexity index is 810. The summed E-state index contributed by atoms with van der Waals surface area (Å²) in [5, 5.41) is 7.51. The summed E-state index contributed by atoms with van der Waals surface area (Å²) in [6, 6.07) is 3.64. The molecule has 27 heavy (non-hydrogen) atoms. The third-order valence-electron chi connectivity index (χ3n) is 5.52. The Hall–Kier alpha value is -2.41. The van der Waals surface area contributed by atoms with Crippen LogP contribution in [0.15, 0.2) is 24.5 Å². The van der Waals surface area contributed by atoms with Crippen LogP contribution in [-0.4, -0.2) is 51.8 Å². The maximum Gasteiger partial charge on any atom is 0.227 e. The van der Waals surface area contributed by atoms with Gasteiger partial charge < -0.3 is 15.0 Å². The Morgan fingerprint density at radius 3 is 2.89 bits per heavy atom. The molecule has 144 valence electrons. The van der Waals surface area contributed by atoms with E-state index in [9.17, 15) is 4.79 Å². The molecule has 0 saturated carbocycles. The molecule has 0 aromatic carbocycles. The lowest BCUT2D eigenvalue weighted by molar-refractivity contribution is -0.120. The van der Waals surface area contributed by atoms with Crippen molar-refractivity contribution in [2.24, 2.45) is 13.0 Å². The van der Waals surface area contributed by atoms with E-state index < -0.39 is 0 Å². The van der Waals surface area contributed by atoms with E-state index in [0.717, 1.165) is 50.2 Å².